The molecule has 0 spiro atoms. The molecule has 1 amide bonds. The van der Waals surface area contributed by atoms with E-state index in [0.717, 1.165) is 28.7 Å². The maximum absolute atomic E-state index is 12.5. The average Bonchev–Trinajstić information content (AvgIpc) is 3.09. The minimum atomic E-state index is -0.166. The first-order valence-corrected chi connectivity index (χ1v) is 9.97. The van der Waals surface area contributed by atoms with Crippen molar-refractivity contribution in [1.82, 2.24) is 25.6 Å². The molecule has 4 aromatic rings. The summed E-state index contributed by atoms with van der Waals surface area (Å²) < 4.78 is 0. The molecule has 0 radical (unpaired) electrons. The molecule has 4 rings (SSSR count). The van der Waals surface area contributed by atoms with Crippen LogP contribution in [-0.2, 0) is 13.1 Å². The lowest BCUT2D eigenvalue weighted by Crippen LogP contribution is -2.24. The van der Waals surface area contributed by atoms with Crippen LogP contribution >= 0.6 is 0 Å². The number of benzene rings is 2. The second-order valence-corrected chi connectivity index (χ2v) is 7.40. The Kier molecular flexibility index (Phi) is 5.59. The summed E-state index contributed by atoms with van der Waals surface area (Å²) in [6, 6.07) is 14.7. The van der Waals surface area contributed by atoms with Gasteiger partial charge >= 0.3 is 0 Å². The van der Waals surface area contributed by atoms with Crippen LogP contribution in [0.4, 0.5) is 0 Å². The molecule has 2 heterocycles. The molecule has 0 aliphatic rings. The molecule has 0 bridgehead atoms. The van der Waals surface area contributed by atoms with Gasteiger partial charge in [0.05, 0.1) is 11.3 Å². The molecule has 0 unspecified atom stereocenters. The van der Waals surface area contributed by atoms with Crippen molar-refractivity contribution in [2.45, 2.75) is 26.9 Å². The molecule has 2 aromatic carbocycles. The molecule has 152 valence electrons. The number of H-pyrrole nitrogens is 1. The lowest BCUT2D eigenvalue weighted by molar-refractivity contribution is 0.0949. The molecule has 3 N–H and O–H groups in total. The number of hydrogen-bond acceptors (Lipinski definition) is 4. The Morgan fingerprint density at radius 2 is 1.93 bits per heavy atom. The molecule has 6 heteroatoms. The fourth-order valence-electron chi connectivity index (χ4n) is 3.75. The smallest absolute Gasteiger partial charge is 0.254 e. The number of fused-ring (bicyclic) bond motifs is 1. The monoisotopic (exact) mass is 399 g/mol. The first-order chi connectivity index (χ1) is 14.6. The summed E-state index contributed by atoms with van der Waals surface area (Å²) in [4.78, 5) is 24.1. The Hall–Kier alpha value is -3.51. The summed E-state index contributed by atoms with van der Waals surface area (Å²) in [6.07, 6.45) is 2.99. The number of rotatable bonds is 6. The number of aromatic amines is 1. The molecule has 0 aliphatic carbocycles. The summed E-state index contributed by atoms with van der Waals surface area (Å²) in [6.45, 7) is 5.20. The summed E-state index contributed by atoms with van der Waals surface area (Å²) in [5.41, 5.74) is 8.09. The first kappa shape index (κ1) is 19.8. The number of nitrogens with zero attached hydrogens (tertiary/aromatic N) is 2. The number of nitrogens with one attached hydrogen (secondary N) is 3. The van der Waals surface area contributed by atoms with E-state index in [4.69, 9.17) is 0 Å². The third kappa shape index (κ3) is 3.82. The van der Waals surface area contributed by atoms with Crippen molar-refractivity contribution in [1.29, 1.82) is 0 Å². The SMILES string of the molecule is CNCc1ccccc1-c1[nH]c2ccc(CNC(=O)c3cncnc3C)cc2c1C. The summed E-state index contributed by atoms with van der Waals surface area (Å²) in [5.74, 6) is -0.166. The molecular weight excluding hydrogens is 374 g/mol. The van der Waals surface area contributed by atoms with E-state index in [0.29, 0.717) is 17.8 Å². The highest BCUT2D eigenvalue weighted by atomic mass is 16.1. The van der Waals surface area contributed by atoms with Gasteiger partial charge in [-0.15, -0.1) is 0 Å². The van der Waals surface area contributed by atoms with Crippen molar-refractivity contribution >= 4 is 16.8 Å². The van der Waals surface area contributed by atoms with Crippen LogP contribution in [0.5, 0.6) is 0 Å². The third-order valence-corrected chi connectivity index (χ3v) is 5.39. The highest BCUT2D eigenvalue weighted by molar-refractivity contribution is 5.95. The van der Waals surface area contributed by atoms with E-state index in [9.17, 15) is 4.79 Å². The van der Waals surface area contributed by atoms with Crippen LogP contribution in [-0.4, -0.2) is 27.9 Å². The first-order valence-electron chi connectivity index (χ1n) is 9.97. The van der Waals surface area contributed by atoms with Gasteiger partial charge in [0.15, 0.2) is 0 Å². The van der Waals surface area contributed by atoms with E-state index in [1.54, 1.807) is 13.1 Å². The average molecular weight is 399 g/mol. The van der Waals surface area contributed by atoms with Crippen LogP contribution in [0.15, 0.2) is 55.0 Å². The molecule has 0 aliphatic heterocycles. The quantitative estimate of drug-likeness (QED) is 0.459. The summed E-state index contributed by atoms with van der Waals surface area (Å²) in [7, 11) is 1.96. The minimum absolute atomic E-state index is 0.166. The molecule has 2 aromatic heterocycles. The van der Waals surface area contributed by atoms with Crippen LogP contribution < -0.4 is 10.6 Å². The van der Waals surface area contributed by atoms with Gasteiger partial charge in [0.25, 0.3) is 5.91 Å². The van der Waals surface area contributed by atoms with E-state index in [1.165, 1.54) is 23.0 Å². The fourth-order valence-corrected chi connectivity index (χ4v) is 3.75. The Bertz CT molecular complexity index is 1210. The number of carbonyl (C=O) groups is 1. The number of carbonyl (C=O) groups excluding carboxylic acids is 1. The van der Waals surface area contributed by atoms with Crippen LogP contribution in [0.3, 0.4) is 0 Å². The van der Waals surface area contributed by atoms with Gasteiger partial charge < -0.3 is 15.6 Å². The van der Waals surface area contributed by atoms with E-state index in [2.05, 4.69) is 68.9 Å². The normalized spacial score (nSPS) is 11.0. The van der Waals surface area contributed by atoms with Gasteiger partial charge in [-0.1, -0.05) is 30.3 Å². The highest BCUT2D eigenvalue weighted by Crippen LogP contribution is 2.32. The number of aromatic nitrogens is 3. The molecular formula is C24H25N5O. The Morgan fingerprint density at radius 3 is 2.73 bits per heavy atom. The maximum Gasteiger partial charge on any atom is 0.254 e. The molecule has 30 heavy (non-hydrogen) atoms. The lowest BCUT2D eigenvalue weighted by atomic mass is 10.0. The van der Waals surface area contributed by atoms with Crippen LogP contribution in [0, 0.1) is 13.8 Å². The Morgan fingerprint density at radius 1 is 1.10 bits per heavy atom. The zero-order chi connectivity index (χ0) is 21.1. The Balaban J connectivity index is 1.60. The number of aryl methyl sites for hydroxylation is 2. The van der Waals surface area contributed by atoms with E-state index < -0.39 is 0 Å². The van der Waals surface area contributed by atoms with E-state index in [1.807, 2.05) is 13.1 Å². The number of hydrogen-bond donors (Lipinski definition) is 3. The van der Waals surface area contributed by atoms with Gasteiger partial charge in [0.1, 0.15) is 6.33 Å². The van der Waals surface area contributed by atoms with Crippen molar-refractivity contribution in [3.8, 4) is 11.3 Å². The van der Waals surface area contributed by atoms with Crippen molar-refractivity contribution in [2.75, 3.05) is 7.05 Å². The molecule has 0 atom stereocenters. The van der Waals surface area contributed by atoms with Gasteiger partial charge in [0, 0.05) is 41.4 Å². The number of amides is 1. The van der Waals surface area contributed by atoms with Gasteiger partial charge in [-0.2, -0.15) is 0 Å². The second-order valence-electron chi connectivity index (χ2n) is 7.40. The van der Waals surface area contributed by atoms with E-state index >= 15 is 0 Å². The maximum atomic E-state index is 12.5. The van der Waals surface area contributed by atoms with Crippen molar-refractivity contribution < 1.29 is 4.79 Å². The van der Waals surface area contributed by atoms with Crippen LogP contribution in [0.2, 0.25) is 0 Å². The molecule has 0 fully saturated rings. The summed E-state index contributed by atoms with van der Waals surface area (Å²) >= 11 is 0. The van der Waals surface area contributed by atoms with Crippen LogP contribution in [0.25, 0.3) is 22.2 Å². The van der Waals surface area contributed by atoms with Gasteiger partial charge in [-0.25, -0.2) is 9.97 Å². The van der Waals surface area contributed by atoms with Crippen molar-refractivity contribution in [2.24, 2.45) is 0 Å². The van der Waals surface area contributed by atoms with Gasteiger partial charge in [-0.05, 0) is 49.7 Å². The molecule has 0 saturated heterocycles. The minimum Gasteiger partial charge on any atom is -0.354 e. The zero-order valence-corrected chi connectivity index (χ0v) is 17.4. The zero-order valence-electron chi connectivity index (χ0n) is 17.4. The highest BCUT2D eigenvalue weighted by Gasteiger charge is 2.14. The van der Waals surface area contributed by atoms with Gasteiger partial charge in [0.2, 0.25) is 0 Å². The predicted octanol–water partition coefficient (Wildman–Crippen LogP) is 3.89. The molecule has 0 saturated carbocycles. The fraction of sp³-hybridized carbons (Fsp3) is 0.208. The van der Waals surface area contributed by atoms with Crippen LogP contribution in [0.1, 0.15) is 32.7 Å². The summed E-state index contributed by atoms with van der Waals surface area (Å²) in [5, 5.41) is 7.37. The second kappa shape index (κ2) is 8.47. The topological polar surface area (TPSA) is 82.7 Å². The largest absolute Gasteiger partial charge is 0.354 e. The molecule has 6 nitrogen and oxygen atoms in total. The predicted molar refractivity (Wildman–Crippen MR) is 119 cm³/mol. The van der Waals surface area contributed by atoms with Crippen molar-refractivity contribution in [3.05, 3.63) is 82.9 Å². The third-order valence-electron chi connectivity index (χ3n) is 5.39. The van der Waals surface area contributed by atoms with Crippen molar-refractivity contribution in [3.63, 3.8) is 0 Å². The standard InChI is InChI=1S/C24H25N5O/c1-15-20-10-17(11-27-24(30)21-13-26-14-28-16(21)2)8-9-22(20)29-23(15)19-7-5-4-6-18(19)12-25-3/h4-10,13-14,25,29H,11-12H2,1-3H3,(H,27,30). The Labute approximate surface area is 175 Å². The van der Waals surface area contributed by atoms with E-state index in [-0.39, 0.29) is 5.91 Å². The lowest BCUT2D eigenvalue weighted by Gasteiger charge is -2.08. The van der Waals surface area contributed by atoms with Gasteiger partial charge in [-0.3, -0.25) is 4.79 Å².